The number of hydrogen-bond donors (Lipinski definition) is 1. The van der Waals surface area contributed by atoms with E-state index in [9.17, 15) is 17.6 Å². The molecule has 2 rings (SSSR count). The lowest BCUT2D eigenvalue weighted by atomic mass is 10.2. The van der Waals surface area contributed by atoms with Crippen molar-refractivity contribution in [3.63, 3.8) is 0 Å². The molecule has 0 saturated carbocycles. The number of nitrogens with one attached hydrogen (secondary N) is 1. The number of hydrogen-bond acceptors (Lipinski definition) is 4. The molecule has 25 heavy (non-hydrogen) atoms. The Hall–Kier alpha value is -2.26. The molecule has 0 aliphatic rings. The Bertz CT molecular complexity index is 886. The van der Waals surface area contributed by atoms with Gasteiger partial charge < -0.3 is 0 Å². The zero-order chi connectivity index (χ0) is 18.4. The minimum atomic E-state index is -3.66. The van der Waals surface area contributed by atoms with Crippen molar-refractivity contribution in [2.24, 2.45) is 5.10 Å². The van der Waals surface area contributed by atoms with E-state index in [1.807, 2.05) is 0 Å². The first kappa shape index (κ1) is 19.1. The molecule has 0 spiro atoms. The second-order valence-corrected chi connectivity index (χ2v) is 7.88. The molecule has 0 bridgehead atoms. The molecule has 6 nitrogen and oxygen atoms in total. The fourth-order valence-electron chi connectivity index (χ4n) is 1.93. The molecule has 1 amide bonds. The van der Waals surface area contributed by atoms with Crippen molar-refractivity contribution >= 4 is 43.8 Å². The van der Waals surface area contributed by atoms with Crippen LogP contribution < -0.4 is 9.73 Å². The first-order chi connectivity index (χ1) is 11.8. The highest BCUT2D eigenvalue weighted by molar-refractivity contribution is 9.10. The lowest BCUT2D eigenvalue weighted by molar-refractivity contribution is -0.119. The van der Waals surface area contributed by atoms with Gasteiger partial charge in [-0.25, -0.2) is 18.2 Å². The number of hydrazone groups is 1. The number of halogens is 2. The van der Waals surface area contributed by atoms with E-state index >= 15 is 0 Å². The number of sulfonamides is 1. The Kier molecular flexibility index (Phi) is 6.27. The summed E-state index contributed by atoms with van der Waals surface area (Å²) in [6, 6.07) is 12.4. The normalized spacial score (nSPS) is 11.5. The molecular formula is C16H15BrFN3O3S. The molecule has 9 heteroatoms. The van der Waals surface area contributed by atoms with Crippen LogP contribution in [-0.4, -0.2) is 33.3 Å². The topological polar surface area (TPSA) is 78.8 Å². The molecule has 0 aliphatic carbocycles. The van der Waals surface area contributed by atoms with Gasteiger partial charge in [0, 0.05) is 10.0 Å². The van der Waals surface area contributed by atoms with Gasteiger partial charge >= 0.3 is 0 Å². The molecule has 2 aromatic rings. The molecule has 1 N–H and O–H groups in total. The van der Waals surface area contributed by atoms with Gasteiger partial charge in [0.1, 0.15) is 12.4 Å². The Morgan fingerprint density at radius 3 is 2.48 bits per heavy atom. The summed E-state index contributed by atoms with van der Waals surface area (Å²) in [5.74, 6) is -1.13. The number of rotatable bonds is 6. The van der Waals surface area contributed by atoms with Gasteiger partial charge in [-0.1, -0.05) is 34.1 Å². The highest BCUT2D eigenvalue weighted by atomic mass is 79.9. The van der Waals surface area contributed by atoms with Crippen molar-refractivity contribution in [3.8, 4) is 0 Å². The van der Waals surface area contributed by atoms with Gasteiger partial charge in [-0.2, -0.15) is 5.10 Å². The predicted molar refractivity (Wildman–Crippen MR) is 98.5 cm³/mol. The molecule has 132 valence electrons. The van der Waals surface area contributed by atoms with Crippen LogP contribution in [0, 0.1) is 5.82 Å². The Morgan fingerprint density at radius 2 is 1.88 bits per heavy atom. The summed E-state index contributed by atoms with van der Waals surface area (Å²) >= 11 is 3.26. The van der Waals surface area contributed by atoms with Gasteiger partial charge in [-0.05, 0) is 30.3 Å². The van der Waals surface area contributed by atoms with Crippen LogP contribution in [0.1, 0.15) is 5.56 Å². The minimum Gasteiger partial charge on any atom is -0.271 e. The fourth-order valence-corrected chi connectivity index (χ4v) is 3.05. The highest BCUT2D eigenvalue weighted by Crippen LogP contribution is 2.20. The fraction of sp³-hybridized carbons (Fsp3) is 0.125. The lowest BCUT2D eigenvalue weighted by Gasteiger charge is -2.21. The quantitative estimate of drug-likeness (QED) is 0.568. The van der Waals surface area contributed by atoms with Crippen LogP contribution in [0.4, 0.5) is 10.1 Å². The van der Waals surface area contributed by atoms with Gasteiger partial charge in [-0.15, -0.1) is 0 Å². The van der Waals surface area contributed by atoms with Crippen LogP contribution in [-0.2, 0) is 14.8 Å². The van der Waals surface area contributed by atoms with Crippen LogP contribution >= 0.6 is 15.9 Å². The second-order valence-electron chi connectivity index (χ2n) is 5.06. The smallest absolute Gasteiger partial charge is 0.260 e. The summed E-state index contributed by atoms with van der Waals surface area (Å²) < 4.78 is 39.0. The summed E-state index contributed by atoms with van der Waals surface area (Å²) in [6.45, 7) is -0.449. The van der Waals surface area contributed by atoms with E-state index in [1.54, 1.807) is 30.3 Å². The van der Waals surface area contributed by atoms with Gasteiger partial charge in [0.2, 0.25) is 10.0 Å². The SMILES string of the molecule is CS(=O)(=O)N(CC(=O)N/N=C\c1ccccc1F)c1ccc(Br)cc1. The number of carbonyl (C=O) groups is 1. The first-order valence-electron chi connectivity index (χ1n) is 7.07. The molecule has 0 atom stereocenters. The van der Waals surface area contributed by atoms with Crippen molar-refractivity contribution in [1.29, 1.82) is 0 Å². The molecule has 0 heterocycles. The maximum Gasteiger partial charge on any atom is 0.260 e. The van der Waals surface area contributed by atoms with Crippen LogP contribution in [0.2, 0.25) is 0 Å². The lowest BCUT2D eigenvalue weighted by Crippen LogP contribution is -2.39. The van der Waals surface area contributed by atoms with Crippen LogP contribution in [0.15, 0.2) is 58.1 Å². The molecule has 0 unspecified atom stereocenters. The Labute approximate surface area is 153 Å². The first-order valence-corrected chi connectivity index (χ1v) is 9.71. The van der Waals surface area contributed by atoms with Gasteiger partial charge in [0.05, 0.1) is 18.2 Å². The van der Waals surface area contributed by atoms with Crippen molar-refractivity contribution in [2.45, 2.75) is 0 Å². The standard InChI is InChI=1S/C16H15BrFN3O3S/c1-25(23,24)21(14-8-6-13(17)7-9-14)11-16(22)20-19-10-12-4-2-3-5-15(12)18/h2-10H,11H2,1H3,(H,20,22)/b19-10-. The number of benzene rings is 2. The second kappa shape index (κ2) is 8.21. The van der Waals surface area contributed by atoms with Gasteiger partial charge in [-0.3, -0.25) is 9.10 Å². The molecule has 0 aliphatic heterocycles. The van der Waals surface area contributed by atoms with Crippen molar-refractivity contribution in [1.82, 2.24) is 5.43 Å². The van der Waals surface area contributed by atoms with E-state index in [1.165, 1.54) is 18.2 Å². The molecule has 0 fully saturated rings. The Balaban J connectivity index is 2.07. The molecule has 2 aromatic carbocycles. The monoisotopic (exact) mass is 427 g/mol. The van der Waals surface area contributed by atoms with Crippen LogP contribution in [0.25, 0.3) is 0 Å². The zero-order valence-electron chi connectivity index (χ0n) is 13.2. The summed E-state index contributed by atoms with van der Waals surface area (Å²) in [6.07, 6.45) is 2.16. The predicted octanol–water partition coefficient (Wildman–Crippen LogP) is 2.50. The van der Waals surface area contributed by atoms with Crippen LogP contribution in [0.3, 0.4) is 0 Å². The maximum absolute atomic E-state index is 13.4. The molecular weight excluding hydrogens is 413 g/mol. The number of carbonyl (C=O) groups excluding carboxylic acids is 1. The maximum atomic E-state index is 13.4. The van der Waals surface area contributed by atoms with Crippen molar-refractivity contribution in [3.05, 3.63) is 64.4 Å². The van der Waals surface area contributed by atoms with E-state index in [4.69, 9.17) is 0 Å². The molecule has 0 radical (unpaired) electrons. The minimum absolute atomic E-state index is 0.204. The number of anilines is 1. The summed E-state index contributed by atoms with van der Waals surface area (Å²) in [5.41, 5.74) is 2.74. The zero-order valence-corrected chi connectivity index (χ0v) is 15.6. The third-order valence-corrected chi connectivity index (χ3v) is 4.77. The third kappa shape index (κ3) is 5.64. The van der Waals surface area contributed by atoms with Crippen molar-refractivity contribution < 1.29 is 17.6 Å². The largest absolute Gasteiger partial charge is 0.271 e. The highest BCUT2D eigenvalue weighted by Gasteiger charge is 2.20. The van der Waals surface area contributed by atoms with Crippen molar-refractivity contribution in [2.75, 3.05) is 17.1 Å². The van der Waals surface area contributed by atoms with E-state index in [2.05, 4.69) is 26.5 Å². The Morgan fingerprint density at radius 1 is 1.24 bits per heavy atom. The number of amides is 1. The average molecular weight is 428 g/mol. The average Bonchev–Trinajstić information content (AvgIpc) is 2.54. The van der Waals surface area contributed by atoms with Gasteiger partial charge in [0.15, 0.2) is 0 Å². The van der Waals surface area contributed by atoms with E-state index < -0.39 is 28.3 Å². The third-order valence-electron chi connectivity index (χ3n) is 3.10. The van der Waals surface area contributed by atoms with Gasteiger partial charge in [0.25, 0.3) is 5.91 Å². The summed E-state index contributed by atoms with van der Waals surface area (Å²) in [4.78, 5) is 12.0. The van der Waals surface area contributed by atoms with Crippen LogP contribution in [0.5, 0.6) is 0 Å². The molecule has 0 aromatic heterocycles. The molecule has 0 saturated heterocycles. The van der Waals surface area contributed by atoms with E-state index in [0.717, 1.165) is 21.2 Å². The summed E-state index contributed by atoms with van der Waals surface area (Å²) in [5, 5.41) is 3.65. The van der Waals surface area contributed by atoms with E-state index in [-0.39, 0.29) is 5.56 Å². The van der Waals surface area contributed by atoms with E-state index in [0.29, 0.717) is 5.69 Å². The number of nitrogens with zero attached hydrogens (tertiary/aromatic N) is 2. The summed E-state index contributed by atoms with van der Waals surface area (Å²) in [7, 11) is -3.66.